The van der Waals surface area contributed by atoms with Crippen LogP contribution in [-0.2, 0) is 6.18 Å². The summed E-state index contributed by atoms with van der Waals surface area (Å²) in [4.78, 5) is 15.1. The van der Waals surface area contributed by atoms with Crippen molar-refractivity contribution in [2.45, 2.75) is 13.1 Å². The molecule has 10 heteroatoms. The number of ether oxygens (including phenoxy) is 1. The Balaban J connectivity index is 1.83. The molecule has 0 aliphatic carbocycles. The van der Waals surface area contributed by atoms with Crippen LogP contribution in [0.1, 0.15) is 21.8 Å². The molecule has 0 atom stereocenters. The van der Waals surface area contributed by atoms with E-state index in [9.17, 15) is 18.0 Å². The van der Waals surface area contributed by atoms with Gasteiger partial charge in [-0.15, -0.1) is 0 Å². The van der Waals surface area contributed by atoms with E-state index in [-0.39, 0.29) is 29.8 Å². The minimum Gasteiger partial charge on any atom is -0.475 e. The Morgan fingerprint density at radius 1 is 1.43 bits per heavy atom. The smallest absolute Gasteiger partial charge is 0.417 e. The van der Waals surface area contributed by atoms with Gasteiger partial charge in [-0.05, 0) is 13.0 Å². The van der Waals surface area contributed by atoms with Crippen molar-refractivity contribution in [2.75, 3.05) is 13.2 Å². The van der Waals surface area contributed by atoms with Crippen molar-refractivity contribution < 1.29 is 27.2 Å². The minimum atomic E-state index is -4.53. The highest BCUT2D eigenvalue weighted by Crippen LogP contribution is 2.32. The Hall–Kier alpha value is -2.29. The Morgan fingerprint density at radius 2 is 2.17 bits per heavy atom. The van der Waals surface area contributed by atoms with Crippen LogP contribution in [0.4, 0.5) is 13.2 Å². The fraction of sp³-hybridized carbons (Fsp3) is 0.308. The highest BCUT2D eigenvalue weighted by Gasteiger charge is 2.31. The summed E-state index contributed by atoms with van der Waals surface area (Å²) >= 11 is 5.68. The predicted molar refractivity (Wildman–Crippen MR) is 73.3 cm³/mol. The summed E-state index contributed by atoms with van der Waals surface area (Å²) in [5.41, 5.74) is -0.407. The van der Waals surface area contributed by atoms with E-state index >= 15 is 0 Å². The van der Waals surface area contributed by atoms with E-state index in [1.54, 1.807) is 6.92 Å². The molecule has 2 rings (SSSR count). The van der Waals surface area contributed by atoms with E-state index in [1.165, 1.54) is 6.07 Å². The van der Waals surface area contributed by atoms with Gasteiger partial charge >= 0.3 is 6.18 Å². The van der Waals surface area contributed by atoms with E-state index < -0.39 is 17.6 Å². The van der Waals surface area contributed by atoms with Crippen molar-refractivity contribution in [3.8, 4) is 5.88 Å². The van der Waals surface area contributed by atoms with E-state index in [0.717, 1.165) is 6.07 Å². The zero-order valence-corrected chi connectivity index (χ0v) is 12.5. The van der Waals surface area contributed by atoms with Crippen LogP contribution in [0.3, 0.4) is 0 Å². The summed E-state index contributed by atoms with van der Waals surface area (Å²) in [6.45, 7) is 1.72. The standard InChI is InChI=1S/C13H11ClF3N3O3/c1-7-4-10(23-20-7)11(21)18-2-3-22-12-9(14)5-8(6-19-12)13(15,16)17/h4-6H,2-3H2,1H3,(H,18,21). The fourth-order valence-corrected chi connectivity index (χ4v) is 1.78. The molecule has 0 aromatic carbocycles. The summed E-state index contributed by atoms with van der Waals surface area (Å²) in [6, 6.07) is 2.18. The number of hydrogen-bond donors (Lipinski definition) is 1. The Labute approximate surface area is 133 Å². The molecule has 2 heterocycles. The number of nitrogens with zero attached hydrogens (tertiary/aromatic N) is 2. The molecule has 0 unspecified atom stereocenters. The molecule has 0 aliphatic heterocycles. The minimum absolute atomic E-state index is 0.0308. The molecular formula is C13H11ClF3N3O3. The fourth-order valence-electron chi connectivity index (χ4n) is 1.56. The van der Waals surface area contributed by atoms with Crippen molar-refractivity contribution in [3.05, 3.63) is 40.4 Å². The van der Waals surface area contributed by atoms with Crippen molar-refractivity contribution in [1.29, 1.82) is 0 Å². The third-order valence-electron chi connectivity index (χ3n) is 2.61. The van der Waals surface area contributed by atoms with E-state index in [2.05, 4.69) is 15.5 Å². The van der Waals surface area contributed by atoms with Crippen LogP contribution >= 0.6 is 11.6 Å². The van der Waals surface area contributed by atoms with Gasteiger partial charge in [-0.1, -0.05) is 16.8 Å². The molecule has 124 valence electrons. The van der Waals surface area contributed by atoms with Crippen LogP contribution in [0.2, 0.25) is 5.02 Å². The lowest BCUT2D eigenvalue weighted by Gasteiger charge is -2.10. The van der Waals surface area contributed by atoms with E-state index in [1.807, 2.05) is 0 Å². The first-order chi connectivity index (χ1) is 10.8. The number of pyridine rings is 1. The molecule has 23 heavy (non-hydrogen) atoms. The summed E-state index contributed by atoms with van der Waals surface area (Å²) in [5, 5.41) is 5.79. The summed E-state index contributed by atoms with van der Waals surface area (Å²) in [5.74, 6) is -0.585. The van der Waals surface area contributed by atoms with Crippen LogP contribution in [0.5, 0.6) is 5.88 Å². The maximum absolute atomic E-state index is 12.5. The van der Waals surface area contributed by atoms with Gasteiger partial charge in [-0.3, -0.25) is 4.79 Å². The third kappa shape index (κ3) is 4.59. The van der Waals surface area contributed by atoms with Gasteiger partial charge in [0.2, 0.25) is 11.6 Å². The van der Waals surface area contributed by atoms with E-state index in [0.29, 0.717) is 11.9 Å². The number of alkyl halides is 3. The molecule has 0 aliphatic rings. The van der Waals surface area contributed by atoms with Gasteiger partial charge in [0.05, 0.1) is 17.8 Å². The van der Waals surface area contributed by atoms with Crippen molar-refractivity contribution in [3.63, 3.8) is 0 Å². The lowest BCUT2D eigenvalue weighted by atomic mass is 10.3. The SMILES string of the molecule is Cc1cc(C(=O)NCCOc2ncc(C(F)(F)F)cc2Cl)on1. The van der Waals surface area contributed by atoms with Gasteiger partial charge in [0, 0.05) is 12.3 Å². The van der Waals surface area contributed by atoms with Crippen molar-refractivity contribution in [1.82, 2.24) is 15.5 Å². The number of nitrogens with one attached hydrogen (secondary N) is 1. The van der Waals surface area contributed by atoms with E-state index in [4.69, 9.17) is 20.9 Å². The van der Waals surface area contributed by atoms with Crippen molar-refractivity contribution >= 4 is 17.5 Å². The molecular weight excluding hydrogens is 339 g/mol. The summed E-state index contributed by atoms with van der Waals surface area (Å²) < 4.78 is 47.3. The van der Waals surface area contributed by atoms with Gasteiger partial charge in [0.25, 0.3) is 5.91 Å². The molecule has 1 N–H and O–H groups in total. The zero-order chi connectivity index (χ0) is 17.0. The quantitative estimate of drug-likeness (QED) is 0.840. The molecule has 0 saturated heterocycles. The number of halogens is 4. The topological polar surface area (TPSA) is 77.2 Å². The summed E-state index contributed by atoms with van der Waals surface area (Å²) in [6.07, 6.45) is -3.91. The van der Waals surface area contributed by atoms with Crippen LogP contribution in [-0.4, -0.2) is 29.2 Å². The second-order valence-corrected chi connectivity index (χ2v) is 4.85. The lowest BCUT2D eigenvalue weighted by Crippen LogP contribution is -2.27. The first-order valence-corrected chi connectivity index (χ1v) is 6.72. The molecule has 2 aromatic heterocycles. The van der Waals surface area contributed by atoms with Gasteiger partial charge in [0.15, 0.2) is 0 Å². The molecule has 0 bridgehead atoms. The van der Waals surface area contributed by atoms with Crippen LogP contribution in [0.25, 0.3) is 0 Å². The average molecular weight is 350 g/mol. The van der Waals surface area contributed by atoms with Crippen LogP contribution < -0.4 is 10.1 Å². The summed E-state index contributed by atoms with van der Waals surface area (Å²) in [7, 11) is 0. The van der Waals surface area contributed by atoms with Gasteiger partial charge in [-0.25, -0.2) is 4.98 Å². The molecule has 0 spiro atoms. The second kappa shape index (κ2) is 6.86. The molecule has 6 nitrogen and oxygen atoms in total. The molecule has 0 saturated carbocycles. The first-order valence-electron chi connectivity index (χ1n) is 6.34. The van der Waals surface area contributed by atoms with Crippen LogP contribution in [0.15, 0.2) is 22.9 Å². The van der Waals surface area contributed by atoms with Crippen LogP contribution in [0, 0.1) is 6.92 Å². The largest absolute Gasteiger partial charge is 0.475 e. The highest BCUT2D eigenvalue weighted by molar-refractivity contribution is 6.31. The van der Waals surface area contributed by atoms with Crippen molar-refractivity contribution in [2.24, 2.45) is 0 Å². The Bertz CT molecular complexity index is 703. The normalized spacial score (nSPS) is 11.3. The Kier molecular flexibility index (Phi) is 5.09. The molecule has 1 amide bonds. The average Bonchev–Trinajstić information content (AvgIpc) is 2.90. The number of hydrogen-bond acceptors (Lipinski definition) is 5. The first kappa shape index (κ1) is 17.1. The van der Waals surface area contributed by atoms with Gasteiger partial charge in [0.1, 0.15) is 11.6 Å². The molecule has 2 aromatic rings. The number of amides is 1. The number of carbonyl (C=O) groups excluding carboxylic acids is 1. The highest BCUT2D eigenvalue weighted by atomic mass is 35.5. The third-order valence-corrected chi connectivity index (χ3v) is 2.88. The predicted octanol–water partition coefficient (Wildman–Crippen LogP) is 2.86. The monoisotopic (exact) mass is 349 g/mol. The molecule has 0 radical (unpaired) electrons. The van der Waals surface area contributed by atoms with Gasteiger partial charge in [-0.2, -0.15) is 13.2 Å². The Morgan fingerprint density at radius 3 is 2.74 bits per heavy atom. The molecule has 0 fully saturated rings. The number of rotatable bonds is 5. The number of aromatic nitrogens is 2. The zero-order valence-electron chi connectivity index (χ0n) is 11.8. The maximum Gasteiger partial charge on any atom is 0.417 e. The maximum atomic E-state index is 12.5. The van der Waals surface area contributed by atoms with Gasteiger partial charge < -0.3 is 14.6 Å². The second-order valence-electron chi connectivity index (χ2n) is 4.45. The lowest BCUT2D eigenvalue weighted by molar-refractivity contribution is -0.137. The number of aryl methyl sites for hydroxylation is 1. The number of carbonyl (C=O) groups is 1.